The number of hydrogen-bond donors (Lipinski definition) is 0. The Labute approximate surface area is 85.6 Å². The van der Waals surface area contributed by atoms with Crippen molar-refractivity contribution in [1.82, 2.24) is 9.80 Å². The Bertz CT molecular complexity index is 198. The first-order valence-corrected chi connectivity index (χ1v) is 5.13. The monoisotopic (exact) mass is 197 g/mol. The van der Waals surface area contributed by atoms with Crippen LogP contribution in [0, 0.1) is 0 Å². The van der Waals surface area contributed by atoms with E-state index in [0.29, 0.717) is 6.42 Å². The summed E-state index contributed by atoms with van der Waals surface area (Å²) in [6.45, 7) is 8.72. The summed E-state index contributed by atoms with van der Waals surface area (Å²) in [5, 5.41) is 0. The van der Waals surface area contributed by atoms with Crippen LogP contribution in [0.4, 0.5) is 0 Å². The van der Waals surface area contributed by atoms with Crippen LogP contribution in [0.3, 0.4) is 0 Å². The van der Waals surface area contributed by atoms with Crippen molar-refractivity contribution >= 4 is 12.6 Å². The maximum atomic E-state index is 10.8. The molecular formula is C10H19N3O. The van der Waals surface area contributed by atoms with Crippen LogP contribution in [-0.4, -0.2) is 62.2 Å². The number of carbonyl (C=O) groups is 1. The molecule has 1 fully saturated rings. The van der Waals surface area contributed by atoms with Gasteiger partial charge in [-0.15, -0.1) is 0 Å². The van der Waals surface area contributed by atoms with Crippen molar-refractivity contribution in [3.05, 3.63) is 0 Å². The summed E-state index contributed by atoms with van der Waals surface area (Å²) >= 11 is 0. The normalized spacial score (nSPS) is 19.5. The fraction of sp³-hybridized carbons (Fsp3) is 0.800. The zero-order chi connectivity index (χ0) is 10.4. The maximum Gasteiger partial charge on any atom is 0.245 e. The van der Waals surface area contributed by atoms with E-state index in [0.717, 1.165) is 39.1 Å². The van der Waals surface area contributed by atoms with E-state index in [9.17, 15) is 4.79 Å². The molecule has 0 N–H and O–H groups in total. The molecule has 1 heterocycles. The molecule has 0 atom stereocenters. The van der Waals surface area contributed by atoms with Crippen LogP contribution in [0.25, 0.3) is 0 Å². The molecule has 4 nitrogen and oxygen atoms in total. The third-order valence-electron chi connectivity index (χ3n) is 2.64. The quantitative estimate of drug-likeness (QED) is 0.606. The summed E-state index contributed by atoms with van der Waals surface area (Å²) in [5.74, 6) is -0.0841. The molecule has 0 unspecified atom stereocenters. The van der Waals surface area contributed by atoms with Crippen LogP contribution in [0.2, 0.25) is 0 Å². The topological polar surface area (TPSA) is 35.9 Å². The lowest BCUT2D eigenvalue weighted by Gasteiger charge is -2.32. The van der Waals surface area contributed by atoms with Crippen molar-refractivity contribution in [3.63, 3.8) is 0 Å². The molecule has 1 rings (SSSR count). The minimum absolute atomic E-state index is 0.0841. The molecule has 1 saturated heterocycles. The summed E-state index contributed by atoms with van der Waals surface area (Å²) in [4.78, 5) is 18.9. The Balaban J connectivity index is 2.07. The van der Waals surface area contributed by atoms with Gasteiger partial charge in [0, 0.05) is 32.6 Å². The third kappa shape index (κ3) is 3.98. The van der Waals surface area contributed by atoms with E-state index in [1.807, 2.05) is 0 Å². The molecule has 14 heavy (non-hydrogen) atoms. The van der Waals surface area contributed by atoms with Gasteiger partial charge in [0.1, 0.15) is 0 Å². The van der Waals surface area contributed by atoms with Crippen LogP contribution in [0.15, 0.2) is 4.99 Å². The Morgan fingerprint density at radius 1 is 1.36 bits per heavy atom. The molecule has 0 aromatic carbocycles. The largest absolute Gasteiger partial charge is 0.304 e. The van der Waals surface area contributed by atoms with Crippen LogP contribution in [0.5, 0.6) is 0 Å². The lowest BCUT2D eigenvalue weighted by atomic mass is 10.2. The zero-order valence-corrected chi connectivity index (χ0v) is 8.91. The minimum atomic E-state index is -0.0841. The third-order valence-corrected chi connectivity index (χ3v) is 2.64. The summed E-state index contributed by atoms with van der Waals surface area (Å²) in [7, 11) is 2.14. The van der Waals surface area contributed by atoms with Gasteiger partial charge in [0.25, 0.3) is 0 Å². The van der Waals surface area contributed by atoms with Crippen molar-refractivity contribution in [2.75, 3.05) is 39.8 Å². The van der Waals surface area contributed by atoms with E-state index in [4.69, 9.17) is 0 Å². The number of piperazine rings is 1. The van der Waals surface area contributed by atoms with E-state index in [1.165, 1.54) is 0 Å². The van der Waals surface area contributed by atoms with Gasteiger partial charge in [-0.3, -0.25) is 4.79 Å². The Morgan fingerprint density at radius 3 is 2.57 bits per heavy atom. The Hall–Kier alpha value is -0.740. The number of carbonyl (C=O) groups excluding carboxylic acids is 1. The van der Waals surface area contributed by atoms with Crippen molar-refractivity contribution in [3.8, 4) is 0 Å². The molecule has 0 radical (unpaired) electrons. The van der Waals surface area contributed by atoms with Crippen molar-refractivity contribution in [2.45, 2.75) is 12.8 Å². The highest BCUT2D eigenvalue weighted by atomic mass is 16.1. The molecule has 1 aliphatic rings. The lowest BCUT2D eigenvalue weighted by Crippen LogP contribution is -2.44. The SMILES string of the molecule is C=NC(=O)CCCN1CCN(C)CC1. The second-order valence-electron chi connectivity index (χ2n) is 3.80. The van der Waals surface area contributed by atoms with Crippen LogP contribution < -0.4 is 0 Å². The van der Waals surface area contributed by atoms with Gasteiger partial charge in [0.15, 0.2) is 0 Å². The number of amides is 1. The smallest absolute Gasteiger partial charge is 0.245 e. The lowest BCUT2D eigenvalue weighted by molar-refractivity contribution is -0.117. The van der Waals surface area contributed by atoms with Gasteiger partial charge in [-0.1, -0.05) is 0 Å². The Morgan fingerprint density at radius 2 is 2.00 bits per heavy atom. The fourth-order valence-electron chi connectivity index (χ4n) is 1.60. The van der Waals surface area contributed by atoms with Gasteiger partial charge in [-0.2, -0.15) is 0 Å². The van der Waals surface area contributed by atoms with Crippen LogP contribution in [0.1, 0.15) is 12.8 Å². The predicted octanol–water partition coefficient (Wildman–Crippen LogP) is 0.241. The minimum Gasteiger partial charge on any atom is -0.304 e. The molecule has 0 spiro atoms. The number of hydrogen-bond acceptors (Lipinski definition) is 3. The molecule has 0 aromatic heterocycles. The van der Waals surface area contributed by atoms with E-state index >= 15 is 0 Å². The van der Waals surface area contributed by atoms with Crippen molar-refractivity contribution < 1.29 is 4.79 Å². The molecule has 0 bridgehead atoms. The van der Waals surface area contributed by atoms with Crippen molar-refractivity contribution in [2.24, 2.45) is 4.99 Å². The van der Waals surface area contributed by atoms with E-state index < -0.39 is 0 Å². The van der Waals surface area contributed by atoms with E-state index in [-0.39, 0.29) is 5.91 Å². The van der Waals surface area contributed by atoms with Crippen molar-refractivity contribution in [1.29, 1.82) is 0 Å². The first kappa shape index (κ1) is 11.3. The molecule has 4 heteroatoms. The molecular weight excluding hydrogens is 178 g/mol. The standard InChI is InChI=1S/C10H19N3O/c1-11-10(14)4-3-5-13-8-6-12(2)7-9-13/h1,3-9H2,2H3. The summed E-state index contributed by atoms with van der Waals surface area (Å²) in [6, 6.07) is 0. The predicted molar refractivity (Wildman–Crippen MR) is 57.7 cm³/mol. The van der Waals surface area contributed by atoms with Gasteiger partial charge in [-0.05, 0) is 26.7 Å². The van der Waals surface area contributed by atoms with Gasteiger partial charge in [0.05, 0.1) is 0 Å². The highest BCUT2D eigenvalue weighted by Gasteiger charge is 2.13. The molecule has 0 aliphatic carbocycles. The van der Waals surface area contributed by atoms with E-state index in [2.05, 4.69) is 28.6 Å². The molecule has 1 amide bonds. The fourth-order valence-corrected chi connectivity index (χ4v) is 1.60. The van der Waals surface area contributed by atoms with Crippen LogP contribution in [-0.2, 0) is 4.79 Å². The zero-order valence-electron chi connectivity index (χ0n) is 8.91. The number of likely N-dealkylation sites (N-methyl/N-ethyl adjacent to an activating group) is 1. The summed E-state index contributed by atoms with van der Waals surface area (Å²) in [6.07, 6.45) is 1.44. The molecule has 1 aliphatic heterocycles. The molecule has 0 aromatic rings. The number of rotatable bonds is 4. The van der Waals surface area contributed by atoms with Gasteiger partial charge < -0.3 is 9.80 Å². The molecule has 80 valence electrons. The summed E-state index contributed by atoms with van der Waals surface area (Å²) < 4.78 is 0. The molecule has 0 saturated carbocycles. The van der Waals surface area contributed by atoms with Crippen LogP contribution >= 0.6 is 0 Å². The first-order chi connectivity index (χ1) is 6.72. The number of aliphatic imine (C=N–C) groups is 1. The van der Waals surface area contributed by atoms with Gasteiger partial charge in [-0.25, -0.2) is 4.99 Å². The average Bonchev–Trinajstić information content (AvgIpc) is 2.21. The number of nitrogens with zero attached hydrogens (tertiary/aromatic N) is 3. The second-order valence-corrected chi connectivity index (χ2v) is 3.80. The van der Waals surface area contributed by atoms with Gasteiger partial charge in [0.2, 0.25) is 5.91 Å². The van der Waals surface area contributed by atoms with E-state index in [1.54, 1.807) is 0 Å². The Kier molecular flexibility index (Phi) is 4.76. The summed E-state index contributed by atoms with van der Waals surface area (Å²) in [5.41, 5.74) is 0. The maximum absolute atomic E-state index is 10.8. The van der Waals surface area contributed by atoms with Gasteiger partial charge >= 0.3 is 0 Å². The first-order valence-electron chi connectivity index (χ1n) is 5.13. The highest BCUT2D eigenvalue weighted by molar-refractivity contribution is 5.80. The average molecular weight is 197 g/mol. The highest BCUT2D eigenvalue weighted by Crippen LogP contribution is 2.01. The second kappa shape index (κ2) is 5.88.